The molecule has 0 aliphatic rings. The molecule has 1 heterocycles. The summed E-state index contributed by atoms with van der Waals surface area (Å²) in [5, 5.41) is 2.99. The van der Waals surface area contributed by atoms with Crippen molar-refractivity contribution in [2.75, 3.05) is 5.32 Å². The van der Waals surface area contributed by atoms with Gasteiger partial charge in [-0.2, -0.15) is 0 Å². The lowest BCUT2D eigenvalue weighted by atomic mass is 10.2. The van der Waals surface area contributed by atoms with Gasteiger partial charge >= 0.3 is 0 Å². The Balaban J connectivity index is 2.23. The molecule has 0 aliphatic heterocycles. The zero-order valence-electron chi connectivity index (χ0n) is 10.5. The first kappa shape index (κ1) is 13.5. The van der Waals surface area contributed by atoms with Crippen LogP contribution in [0.15, 0.2) is 30.5 Å². The van der Waals surface area contributed by atoms with E-state index in [-0.39, 0.29) is 17.3 Å². The Morgan fingerprint density at radius 1 is 1.32 bits per heavy atom. The van der Waals surface area contributed by atoms with Gasteiger partial charge < -0.3 is 5.32 Å². The Hall–Kier alpha value is -1.94. The number of halogens is 2. The number of aromatic nitrogens is 1. The number of aryl methyl sites for hydroxylation is 2. The molecule has 0 radical (unpaired) electrons. The van der Waals surface area contributed by atoms with Crippen molar-refractivity contribution < 1.29 is 9.18 Å². The van der Waals surface area contributed by atoms with Gasteiger partial charge in [-0.25, -0.2) is 4.39 Å². The summed E-state index contributed by atoms with van der Waals surface area (Å²) in [6.07, 6.45) is 1.42. The summed E-state index contributed by atoms with van der Waals surface area (Å²) in [6.45, 7) is 3.42. The second kappa shape index (κ2) is 5.36. The molecule has 1 aromatic carbocycles. The molecule has 0 aliphatic carbocycles. The highest BCUT2D eigenvalue weighted by molar-refractivity contribution is 6.34. The van der Waals surface area contributed by atoms with Gasteiger partial charge in [0.25, 0.3) is 5.91 Å². The first-order valence-electron chi connectivity index (χ1n) is 5.67. The predicted octanol–water partition coefficient (Wildman–Crippen LogP) is 3.74. The Morgan fingerprint density at radius 2 is 2.05 bits per heavy atom. The van der Waals surface area contributed by atoms with Crippen molar-refractivity contribution in [1.82, 2.24) is 4.98 Å². The second-order valence-electron chi connectivity index (χ2n) is 4.22. The van der Waals surface area contributed by atoms with Crippen molar-refractivity contribution in [3.05, 3.63) is 58.1 Å². The zero-order chi connectivity index (χ0) is 14.0. The minimum atomic E-state index is -0.372. The smallest absolute Gasteiger partial charge is 0.258 e. The number of anilines is 1. The zero-order valence-corrected chi connectivity index (χ0v) is 11.3. The van der Waals surface area contributed by atoms with Crippen LogP contribution in [0.2, 0.25) is 5.02 Å². The van der Waals surface area contributed by atoms with Gasteiger partial charge in [0.1, 0.15) is 5.82 Å². The van der Waals surface area contributed by atoms with Gasteiger partial charge in [-0.1, -0.05) is 11.6 Å². The molecule has 5 heteroatoms. The van der Waals surface area contributed by atoms with Crippen LogP contribution in [0.5, 0.6) is 0 Å². The van der Waals surface area contributed by atoms with Crippen LogP contribution in [0.25, 0.3) is 0 Å². The van der Waals surface area contributed by atoms with Crippen molar-refractivity contribution in [3.8, 4) is 0 Å². The van der Waals surface area contributed by atoms with E-state index in [4.69, 9.17) is 11.6 Å². The third-order valence-corrected chi connectivity index (χ3v) is 2.96. The number of nitrogens with zero attached hydrogens (tertiary/aromatic N) is 1. The maximum atomic E-state index is 13.1. The van der Waals surface area contributed by atoms with Crippen LogP contribution in [0, 0.1) is 19.7 Å². The van der Waals surface area contributed by atoms with Crippen LogP contribution in [-0.4, -0.2) is 10.9 Å². The molecule has 3 nitrogen and oxygen atoms in total. The van der Waals surface area contributed by atoms with Crippen molar-refractivity contribution in [2.45, 2.75) is 13.8 Å². The summed E-state index contributed by atoms with van der Waals surface area (Å²) in [4.78, 5) is 16.0. The van der Waals surface area contributed by atoms with Gasteiger partial charge in [-0.15, -0.1) is 0 Å². The van der Waals surface area contributed by atoms with Crippen LogP contribution < -0.4 is 5.32 Å². The van der Waals surface area contributed by atoms with Gasteiger partial charge in [0.05, 0.1) is 10.6 Å². The molecule has 0 unspecified atom stereocenters. The average Bonchev–Trinajstić information content (AvgIpc) is 2.33. The summed E-state index contributed by atoms with van der Waals surface area (Å²) in [6, 6.07) is 5.98. The highest BCUT2D eigenvalue weighted by Crippen LogP contribution is 2.19. The lowest BCUT2D eigenvalue weighted by Crippen LogP contribution is -2.13. The van der Waals surface area contributed by atoms with Crippen molar-refractivity contribution in [1.29, 1.82) is 0 Å². The normalized spacial score (nSPS) is 10.3. The van der Waals surface area contributed by atoms with E-state index in [0.717, 1.165) is 5.69 Å². The van der Waals surface area contributed by atoms with Crippen LogP contribution in [-0.2, 0) is 0 Å². The summed E-state index contributed by atoms with van der Waals surface area (Å²) < 4.78 is 13.1. The molecule has 1 N–H and O–H groups in total. The number of carbonyl (C=O) groups is 1. The maximum Gasteiger partial charge on any atom is 0.258 e. The van der Waals surface area contributed by atoms with Crippen molar-refractivity contribution in [3.63, 3.8) is 0 Å². The molecular formula is C14H12ClFN2O. The number of pyridine rings is 1. The number of hydrogen-bond acceptors (Lipinski definition) is 2. The third kappa shape index (κ3) is 3.09. The van der Waals surface area contributed by atoms with Gasteiger partial charge in [0, 0.05) is 17.6 Å². The summed E-state index contributed by atoms with van der Waals surface area (Å²) in [5.41, 5.74) is 2.00. The van der Waals surface area contributed by atoms with Gasteiger partial charge in [0.15, 0.2) is 0 Å². The molecular weight excluding hydrogens is 267 g/mol. The quantitative estimate of drug-likeness (QED) is 0.909. The monoisotopic (exact) mass is 278 g/mol. The highest BCUT2D eigenvalue weighted by Gasteiger charge is 2.11. The van der Waals surface area contributed by atoms with E-state index < -0.39 is 0 Å². The summed E-state index contributed by atoms with van der Waals surface area (Å²) in [5.74, 6) is -0.684. The number of nitrogens with one attached hydrogen (secondary N) is 1. The molecule has 2 aromatic rings. The van der Waals surface area contributed by atoms with Crippen LogP contribution in [0.1, 0.15) is 21.6 Å². The van der Waals surface area contributed by atoms with Crippen molar-refractivity contribution >= 4 is 23.2 Å². The van der Waals surface area contributed by atoms with Gasteiger partial charge in [-0.05, 0) is 43.7 Å². The SMILES string of the molecule is Cc1cc(Cl)c(C(=O)Nc2ccc(F)c(C)c2)cn1. The molecule has 0 saturated carbocycles. The van der Waals surface area contributed by atoms with Gasteiger partial charge in [0.2, 0.25) is 0 Å². The van der Waals surface area contributed by atoms with E-state index in [9.17, 15) is 9.18 Å². The molecule has 0 saturated heterocycles. The second-order valence-corrected chi connectivity index (χ2v) is 4.63. The third-order valence-electron chi connectivity index (χ3n) is 2.65. The van der Waals surface area contributed by atoms with E-state index in [2.05, 4.69) is 10.3 Å². The maximum absolute atomic E-state index is 13.1. The fraction of sp³-hybridized carbons (Fsp3) is 0.143. The Morgan fingerprint density at radius 3 is 2.68 bits per heavy atom. The number of hydrogen-bond donors (Lipinski definition) is 1. The number of carbonyl (C=O) groups excluding carboxylic acids is 1. The number of rotatable bonds is 2. The molecule has 0 bridgehead atoms. The minimum absolute atomic E-state index is 0.286. The van der Waals surface area contributed by atoms with E-state index in [1.807, 2.05) is 0 Å². The summed E-state index contributed by atoms with van der Waals surface area (Å²) >= 11 is 5.99. The molecule has 1 amide bonds. The highest BCUT2D eigenvalue weighted by atomic mass is 35.5. The fourth-order valence-corrected chi connectivity index (χ4v) is 1.91. The van der Waals surface area contributed by atoms with E-state index >= 15 is 0 Å². The standard InChI is InChI=1S/C14H12ClFN2O/c1-8-5-10(3-4-13(8)16)18-14(19)11-7-17-9(2)6-12(11)15/h3-7H,1-2H3,(H,18,19). The molecule has 0 atom stereocenters. The average molecular weight is 279 g/mol. The molecule has 2 rings (SSSR count). The van der Waals surface area contributed by atoms with Crippen LogP contribution in [0.4, 0.5) is 10.1 Å². The molecule has 19 heavy (non-hydrogen) atoms. The predicted molar refractivity (Wildman–Crippen MR) is 73.1 cm³/mol. The Kier molecular flexibility index (Phi) is 3.81. The molecule has 0 fully saturated rings. The largest absolute Gasteiger partial charge is 0.322 e. The van der Waals surface area contributed by atoms with E-state index in [1.54, 1.807) is 26.0 Å². The van der Waals surface area contributed by atoms with Crippen LogP contribution in [0.3, 0.4) is 0 Å². The number of amides is 1. The molecule has 0 spiro atoms. The molecule has 1 aromatic heterocycles. The van der Waals surface area contributed by atoms with Crippen LogP contribution >= 0.6 is 11.6 Å². The molecule has 98 valence electrons. The Bertz CT molecular complexity index is 643. The number of benzene rings is 1. The fourth-order valence-electron chi connectivity index (χ4n) is 1.61. The lowest BCUT2D eigenvalue weighted by molar-refractivity contribution is 0.102. The van der Waals surface area contributed by atoms with E-state index in [0.29, 0.717) is 16.3 Å². The summed E-state index contributed by atoms with van der Waals surface area (Å²) in [7, 11) is 0. The lowest BCUT2D eigenvalue weighted by Gasteiger charge is -2.08. The first-order valence-corrected chi connectivity index (χ1v) is 6.05. The Labute approximate surface area is 115 Å². The topological polar surface area (TPSA) is 42.0 Å². The van der Waals surface area contributed by atoms with Crippen molar-refractivity contribution in [2.24, 2.45) is 0 Å². The first-order chi connectivity index (χ1) is 8.97. The van der Waals surface area contributed by atoms with Gasteiger partial charge in [-0.3, -0.25) is 9.78 Å². The van der Waals surface area contributed by atoms with E-state index in [1.165, 1.54) is 18.3 Å². The minimum Gasteiger partial charge on any atom is -0.322 e.